The van der Waals surface area contributed by atoms with E-state index in [1.165, 1.54) is 12.3 Å². The van der Waals surface area contributed by atoms with Crippen LogP contribution in [0.15, 0.2) is 48.7 Å². The molecule has 1 aromatic heterocycles. The number of primary amides is 1. The summed E-state index contributed by atoms with van der Waals surface area (Å²) in [5, 5.41) is 2.49. The zero-order chi connectivity index (χ0) is 21.0. The molecular weight excluding hydrogens is 380 g/mol. The summed E-state index contributed by atoms with van der Waals surface area (Å²) in [6, 6.07) is 10.1. The van der Waals surface area contributed by atoms with Crippen LogP contribution in [0.25, 0.3) is 0 Å². The molecule has 148 valence electrons. The second kappa shape index (κ2) is 8.42. The summed E-state index contributed by atoms with van der Waals surface area (Å²) in [7, 11) is 0. The normalized spacial score (nSPS) is 10.6. The van der Waals surface area contributed by atoms with Crippen LogP contribution in [-0.4, -0.2) is 21.8 Å². The lowest BCUT2D eigenvalue weighted by Gasteiger charge is -2.09. The maximum atomic E-state index is 13.7. The highest BCUT2D eigenvalue weighted by molar-refractivity contribution is 5.95. The van der Waals surface area contributed by atoms with Gasteiger partial charge in [0, 0.05) is 24.1 Å². The molecule has 0 atom stereocenters. The van der Waals surface area contributed by atoms with Crippen molar-refractivity contribution in [3.05, 3.63) is 88.4 Å². The predicted molar refractivity (Wildman–Crippen MR) is 102 cm³/mol. The number of halogens is 2. The number of hydrogen-bond acceptors (Lipinski definition) is 5. The molecule has 0 spiro atoms. The average Bonchev–Trinajstić information content (AvgIpc) is 2.69. The first kappa shape index (κ1) is 19.9. The number of rotatable bonds is 6. The first-order chi connectivity index (χ1) is 13.8. The predicted octanol–water partition coefficient (Wildman–Crippen LogP) is 1.96. The lowest BCUT2D eigenvalue weighted by atomic mass is 10.1. The molecule has 3 rings (SSSR count). The molecule has 3 aromatic rings. The Balaban J connectivity index is 1.73. The van der Waals surface area contributed by atoms with Crippen molar-refractivity contribution in [2.45, 2.75) is 13.0 Å². The summed E-state index contributed by atoms with van der Waals surface area (Å²) >= 11 is 0. The number of anilines is 1. The van der Waals surface area contributed by atoms with Gasteiger partial charge in [0.15, 0.2) is 11.5 Å². The Morgan fingerprint density at radius 1 is 1.07 bits per heavy atom. The van der Waals surface area contributed by atoms with Gasteiger partial charge in [-0.3, -0.25) is 9.59 Å². The maximum Gasteiger partial charge on any atom is 0.271 e. The van der Waals surface area contributed by atoms with Crippen LogP contribution in [0.2, 0.25) is 0 Å². The van der Waals surface area contributed by atoms with E-state index in [-0.39, 0.29) is 30.0 Å². The lowest BCUT2D eigenvalue weighted by Crippen LogP contribution is -2.24. The smallest absolute Gasteiger partial charge is 0.271 e. The molecule has 29 heavy (non-hydrogen) atoms. The number of nitrogens with zero attached hydrogens (tertiary/aromatic N) is 2. The molecule has 0 saturated carbocycles. The standard InChI is InChI=1S/C20H17F2N5O2/c21-15-5-2-6-16(22)14(15)10-26-20(29)12-4-1-3-11(7-12)8-13-9-25-18(23)17(27-13)19(24)28/h1-7,9H,8,10H2,(H2,23,25)(H2,24,28)(H,26,29). The van der Waals surface area contributed by atoms with Gasteiger partial charge in [-0.05, 0) is 29.8 Å². The molecule has 0 aliphatic rings. The third-order valence-electron chi connectivity index (χ3n) is 4.15. The van der Waals surface area contributed by atoms with E-state index in [9.17, 15) is 18.4 Å². The van der Waals surface area contributed by atoms with Gasteiger partial charge in [-0.25, -0.2) is 18.7 Å². The maximum absolute atomic E-state index is 13.7. The minimum atomic E-state index is -0.787. The molecule has 7 nitrogen and oxygen atoms in total. The van der Waals surface area contributed by atoms with Crippen LogP contribution in [-0.2, 0) is 13.0 Å². The highest BCUT2D eigenvalue weighted by atomic mass is 19.1. The number of hydrogen-bond donors (Lipinski definition) is 3. The van der Waals surface area contributed by atoms with Gasteiger partial charge >= 0.3 is 0 Å². The monoisotopic (exact) mass is 397 g/mol. The van der Waals surface area contributed by atoms with Crippen LogP contribution in [0.5, 0.6) is 0 Å². The van der Waals surface area contributed by atoms with E-state index in [0.717, 1.165) is 12.1 Å². The van der Waals surface area contributed by atoms with Gasteiger partial charge in [0.1, 0.15) is 11.6 Å². The Hall–Kier alpha value is -3.88. The van der Waals surface area contributed by atoms with Crippen LogP contribution >= 0.6 is 0 Å². The summed E-state index contributed by atoms with van der Waals surface area (Å²) in [6.45, 7) is -0.285. The SMILES string of the molecule is NC(=O)c1nc(Cc2cccc(C(=O)NCc3c(F)cccc3F)c2)cnc1N. The van der Waals surface area contributed by atoms with E-state index in [1.807, 2.05) is 0 Å². The number of nitrogen functional groups attached to an aromatic ring is 1. The van der Waals surface area contributed by atoms with Crippen molar-refractivity contribution in [1.82, 2.24) is 15.3 Å². The molecule has 0 saturated heterocycles. The average molecular weight is 397 g/mol. The van der Waals surface area contributed by atoms with Crippen molar-refractivity contribution < 1.29 is 18.4 Å². The largest absolute Gasteiger partial charge is 0.382 e. The fourth-order valence-corrected chi connectivity index (χ4v) is 2.71. The molecule has 0 radical (unpaired) electrons. The fraction of sp³-hybridized carbons (Fsp3) is 0.100. The van der Waals surface area contributed by atoms with Gasteiger partial charge < -0.3 is 16.8 Å². The molecule has 0 fully saturated rings. The van der Waals surface area contributed by atoms with Crippen LogP contribution in [0.1, 0.15) is 37.7 Å². The molecule has 2 aromatic carbocycles. The van der Waals surface area contributed by atoms with Crippen molar-refractivity contribution in [3.63, 3.8) is 0 Å². The van der Waals surface area contributed by atoms with Crippen LogP contribution in [0, 0.1) is 11.6 Å². The van der Waals surface area contributed by atoms with E-state index >= 15 is 0 Å². The molecule has 0 aliphatic carbocycles. The van der Waals surface area contributed by atoms with Gasteiger partial charge in [-0.1, -0.05) is 18.2 Å². The molecule has 1 heterocycles. The van der Waals surface area contributed by atoms with Crippen molar-refractivity contribution in [3.8, 4) is 0 Å². The fourth-order valence-electron chi connectivity index (χ4n) is 2.71. The third kappa shape index (κ3) is 4.70. The Labute approximate surface area is 164 Å². The summed E-state index contributed by atoms with van der Waals surface area (Å²) in [6.07, 6.45) is 1.69. The van der Waals surface area contributed by atoms with Crippen molar-refractivity contribution >= 4 is 17.6 Å². The topological polar surface area (TPSA) is 124 Å². The van der Waals surface area contributed by atoms with Crippen molar-refractivity contribution in [1.29, 1.82) is 0 Å². The number of amides is 2. The molecule has 9 heteroatoms. The van der Waals surface area contributed by atoms with E-state index in [4.69, 9.17) is 11.5 Å². The van der Waals surface area contributed by atoms with Gasteiger partial charge in [0.25, 0.3) is 11.8 Å². The minimum absolute atomic E-state index is 0.0604. The van der Waals surface area contributed by atoms with Gasteiger partial charge in [-0.2, -0.15) is 0 Å². The molecule has 0 unspecified atom stereocenters. The molecule has 2 amide bonds. The zero-order valence-corrected chi connectivity index (χ0v) is 15.2. The molecular formula is C20H17F2N5O2. The lowest BCUT2D eigenvalue weighted by molar-refractivity contribution is 0.0948. The van der Waals surface area contributed by atoms with Gasteiger partial charge in [0.05, 0.1) is 11.9 Å². The summed E-state index contributed by atoms with van der Waals surface area (Å²) < 4.78 is 27.4. The quantitative estimate of drug-likeness (QED) is 0.587. The van der Waals surface area contributed by atoms with Gasteiger partial charge in [0.2, 0.25) is 0 Å². The Morgan fingerprint density at radius 3 is 2.45 bits per heavy atom. The van der Waals surface area contributed by atoms with Crippen LogP contribution in [0.3, 0.4) is 0 Å². The van der Waals surface area contributed by atoms with Crippen molar-refractivity contribution in [2.24, 2.45) is 5.73 Å². The van der Waals surface area contributed by atoms with Crippen LogP contribution < -0.4 is 16.8 Å². The third-order valence-corrected chi connectivity index (χ3v) is 4.15. The first-order valence-electron chi connectivity index (χ1n) is 8.56. The Kier molecular flexibility index (Phi) is 5.77. The molecule has 0 aliphatic heterocycles. The second-order valence-electron chi connectivity index (χ2n) is 6.22. The number of carbonyl (C=O) groups is 2. The Bertz CT molecular complexity index is 1070. The summed E-state index contributed by atoms with van der Waals surface area (Å²) in [4.78, 5) is 31.7. The van der Waals surface area contributed by atoms with E-state index < -0.39 is 23.4 Å². The highest BCUT2D eigenvalue weighted by Crippen LogP contribution is 2.14. The van der Waals surface area contributed by atoms with E-state index in [2.05, 4.69) is 15.3 Å². The van der Waals surface area contributed by atoms with Gasteiger partial charge in [-0.15, -0.1) is 0 Å². The Morgan fingerprint density at radius 2 is 1.76 bits per heavy atom. The number of nitrogens with one attached hydrogen (secondary N) is 1. The zero-order valence-electron chi connectivity index (χ0n) is 15.2. The highest BCUT2D eigenvalue weighted by Gasteiger charge is 2.13. The number of nitrogens with two attached hydrogens (primary N) is 2. The molecule has 0 bridgehead atoms. The van der Waals surface area contributed by atoms with E-state index in [1.54, 1.807) is 24.3 Å². The summed E-state index contributed by atoms with van der Waals surface area (Å²) in [5.74, 6) is -2.80. The number of aromatic nitrogens is 2. The first-order valence-corrected chi connectivity index (χ1v) is 8.56. The minimum Gasteiger partial charge on any atom is -0.382 e. The second-order valence-corrected chi connectivity index (χ2v) is 6.22. The summed E-state index contributed by atoms with van der Waals surface area (Å²) in [5.41, 5.74) is 11.9. The number of benzene rings is 2. The molecule has 5 N–H and O–H groups in total. The van der Waals surface area contributed by atoms with E-state index in [0.29, 0.717) is 16.8 Å². The van der Waals surface area contributed by atoms with Crippen LogP contribution in [0.4, 0.5) is 14.6 Å². The van der Waals surface area contributed by atoms with Crippen molar-refractivity contribution in [2.75, 3.05) is 5.73 Å². The number of carbonyl (C=O) groups excluding carboxylic acids is 2.